The smallest absolute Gasteiger partial charge is 0.239 e. The Morgan fingerprint density at radius 1 is 1.50 bits per heavy atom. The van der Waals surface area contributed by atoms with Crippen molar-refractivity contribution in [2.45, 2.75) is 45.2 Å². The SMILES string of the molecule is CC(C)N1CCCC[C@H](N)C1=O. The van der Waals surface area contributed by atoms with E-state index in [9.17, 15) is 4.79 Å². The van der Waals surface area contributed by atoms with Gasteiger partial charge in [0.25, 0.3) is 0 Å². The van der Waals surface area contributed by atoms with Crippen LogP contribution in [0.3, 0.4) is 0 Å². The van der Waals surface area contributed by atoms with Crippen molar-refractivity contribution < 1.29 is 4.79 Å². The minimum atomic E-state index is -0.255. The van der Waals surface area contributed by atoms with Crippen LogP contribution in [0.5, 0.6) is 0 Å². The summed E-state index contributed by atoms with van der Waals surface area (Å²) in [4.78, 5) is 13.5. The van der Waals surface area contributed by atoms with Gasteiger partial charge in [0, 0.05) is 12.6 Å². The van der Waals surface area contributed by atoms with Crippen molar-refractivity contribution >= 4 is 5.91 Å². The average molecular weight is 170 g/mol. The summed E-state index contributed by atoms with van der Waals surface area (Å²) in [5.74, 6) is 0.127. The molecule has 1 rings (SSSR count). The second kappa shape index (κ2) is 3.90. The molecule has 1 heterocycles. The molecule has 1 fully saturated rings. The maximum absolute atomic E-state index is 11.6. The van der Waals surface area contributed by atoms with Gasteiger partial charge in [0.05, 0.1) is 6.04 Å². The van der Waals surface area contributed by atoms with E-state index in [1.54, 1.807) is 0 Å². The van der Waals surface area contributed by atoms with Gasteiger partial charge in [-0.15, -0.1) is 0 Å². The number of likely N-dealkylation sites (tertiary alicyclic amines) is 1. The van der Waals surface area contributed by atoms with Crippen molar-refractivity contribution in [3.8, 4) is 0 Å². The quantitative estimate of drug-likeness (QED) is 0.630. The lowest BCUT2D eigenvalue weighted by atomic mass is 10.1. The van der Waals surface area contributed by atoms with E-state index in [-0.39, 0.29) is 11.9 Å². The van der Waals surface area contributed by atoms with Crippen LogP contribution in [0.25, 0.3) is 0 Å². The fraction of sp³-hybridized carbons (Fsp3) is 0.889. The highest BCUT2D eigenvalue weighted by Gasteiger charge is 2.25. The Labute approximate surface area is 73.9 Å². The number of nitrogens with zero attached hydrogens (tertiary/aromatic N) is 1. The Balaban J connectivity index is 2.64. The molecular weight excluding hydrogens is 152 g/mol. The first-order valence-corrected chi connectivity index (χ1v) is 4.69. The molecule has 12 heavy (non-hydrogen) atoms. The molecule has 0 aromatic rings. The minimum absolute atomic E-state index is 0.127. The Morgan fingerprint density at radius 3 is 2.75 bits per heavy atom. The average Bonchev–Trinajstić information content (AvgIpc) is 2.15. The molecule has 0 aromatic carbocycles. The Kier molecular flexibility index (Phi) is 3.09. The third kappa shape index (κ3) is 1.97. The maximum atomic E-state index is 11.6. The number of hydrogen-bond donors (Lipinski definition) is 1. The molecule has 0 saturated carbocycles. The first-order chi connectivity index (χ1) is 5.63. The molecular formula is C9H18N2O. The fourth-order valence-corrected chi connectivity index (χ4v) is 1.61. The Morgan fingerprint density at radius 2 is 2.17 bits per heavy atom. The Bertz CT molecular complexity index is 168. The largest absolute Gasteiger partial charge is 0.339 e. The van der Waals surface area contributed by atoms with Crippen molar-refractivity contribution in [3.05, 3.63) is 0 Å². The summed E-state index contributed by atoms with van der Waals surface area (Å²) < 4.78 is 0. The van der Waals surface area contributed by atoms with E-state index in [0.717, 1.165) is 25.8 Å². The molecule has 1 aliphatic heterocycles. The molecule has 1 saturated heterocycles. The summed E-state index contributed by atoms with van der Waals surface area (Å²) in [5, 5.41) is 0. The molecule has 70 valence electrons. The van der Waals surface area contributed by atoms with Crippen LogP contribution in [0, 0.1) is 0 Å². The maximum Gasteiger partial charge on any atom is 0.239 e. The van der Waals surface area contributed by atoms with Crippen LogP contribution in [0.4, 0.5) is 0 Å². The van der Waals surface area contributed by atoms with Gasteiger partial charge in [-0.2, -0.15) is 0 Å². The summed E-state index contributed by atoms with van der Waals surface area (Å²) in [6.07, 6.45) is 3.02. The van der Waals surface area contributed by atoms with Gasteiger partial charge in [0.1, 0.15) is 0 Å². The van der Waals surface area contributed by atoms with Crippen molar-refractivity contribution in [2.24, 2.45) is 5.73 Å². The zero-order valence-electron chi connectivity index (χ0n) is 7.92. The molecule has 1 atom stereocenters. The number of hydrogen-bond acceptors (Lipinski definition) is 2. The summed E-state index contributed by atoms with van der Waals surface area (Å²) in [7, 11) is 0. The third-order valence-electron chi connectivity index (χ3n) is 2.39. The van der Waals surface area contributed by atoms with Crippen LogP contribution >= 0.6 is 0 Å². The van der Waals surface area contributed by atoms with Gasteiger partial charge in [-0.3, -0.25) is 4.79 Å². The number of amides is 1. The van der Waals surface area contributed by atoms with E-state index in [0.29, 0.717) is 6.04 Å². The van der Waals surface area contributed by atoms with Crippen molar-refractivity contribution in [1.29, 1.82) is 0 Å². The van der Waals surface area contributed by atoms with Crippen molar-refractivity contribution in [2.75, 3.05) is 6.54 Å². The van der Waals surface area contributed by atoms with Gasteiger partial charge in [-0.05, 0) is 33.1 Å². The predicted octanol–water partition coefficient (Wildman–Crippen LogP) is 0.735. The molecule has 1 aliphatic rings. The number of carbonyl (C=O) groups excluding carboxylic acids is 1. The highest BCUT2D eigenvalue weighted by Crippen LogP contribution is 2.12. The van der Waals surface area contributed by atoms with Gasteiger partial charge < -0.3 is 10.6 Å². The standard InChI is InChI=1S/C9H18N2O/c1-7(2)11-6-4-3-5-8(10)9(11)12/h7-8H,3-6,10H2,1-2H3/t8-/m0/s1. The summed E-state index contributed by atoms with van der Waals surface area (Å²) >= 11 is 0. The number of nitrogens with two attached hydrogens (primary N) is 1. The highest BCUT2D eigenvalue weighted by atomic mass is 16.2. The van der Waals surface area contributed by atoms with Crippen molar-refractivity contribution in [3.63, 3.8) is 0 Å². The molecule has 0 radical (unpaired) electrons. The van der Waals surface area contributed by atoms with E-state index >= 15 is 0 Å². The van der Waals surface area contributed by atoms with Gasteiger partial charge in [0.2, 0.25) is 5.91 Å². The number of rotatable bonds is 1. The normalized spacial score (nSPS) is 26.2. The van der Waals surface area contributed by atoms with Crippen LogP contribution < -0.4 is 5.73 Å². The van der Waals surface area contributed by atoms with E-state index in [1.807, 2.05) is 18.7 Å². The monoisotopic (exact) mass is 170 g/mol. The fourth-order valence-electron chi connectivity index (χ4n) is 1.61. The zero-order valence-corrected chi connectivity index (χ0v) is 7.92. The second-order valence-corrected chi connectivity index (χ2v) is 3.73. The summed E-state index contributed by atoms with van der Waals surface area (Å²) in [6, 6.07) is 0.0385. The minimum Gasteiger partial charge on any atom is -0.339 e. The molecule has 0 aliphatic carbocycles. The van der Waals surface area contributed by atoms with Gasteiger partial charge in [-0.25, -0.2) is 0 Å². The number of carbonyl (C=O) groups is 1. The van der Waals surface area contributed by atoms with Crippen LogP contribution in [-0.4, -0.2) is 29.4 Å². The lowest BCUT2D eigenvalue weighted by Gasteiger charge is -2.26. The lowest BCUT2D eigenvalue weighted by molar-refractivity contribution is -0.133. The zero-order chi connectivity index (χ0) is 9.14. The molecule has 0 unspecified atom stereocenters. The molecule has 0 bridgehead atoms. The van der Waals surface area contributed by atoms with Gasteiger partial charge in [0.15, 0.2) is 0 Å². The third-order valence-corrected chi connectivity index (χ3v) is 2.39. The molecule has 2 N–H and O–H groups in total. The van der Waals surface area contributed by atoms with Crippen molar-refractivity contribution in [1.82, 2.24) is 4.90 Å². The summed E-state index contributed by atoms with van der Waals surface area (Å²) in [6.45, 7) is 4.95. The molecule has 3 heteroatoms. The predicted molar refractivity (Wildman–Crippen MR) is 48.7 cm³/mol. The molecule has 0 spiro atoms. The van der Waals surface area contributed by atoms with Crippen LogP contribution in [-0.2, 0) is 4.79 Å². The molecule has 0 aromatic heterocycles. The van der Waals surface area contributed by atoms with E-state index < -0.39 is 0 Å². The van der Waals surface area contributed by atoms with Gasteiger partial charge >= 0.3 is 0 Å². The van der Waals surface area contributed by atoms with Crippen LogP contribution in [0.2, 0.25) is 0 Å². The van der Waals surface area contributed by atoms with Crippen LogP contribution in [0.15, 0.2) is 0 Å². The molecule has 3 nitrogen and oxygen atoms in total. The Hall–Kier alpha value is -0.570. The topological polar surface area (TPSA) is 46.3 Å². The summed E-state index contributed by atoms with van der Waals surface area (Å²) in [5.41, 5.74) is 5.72. The lowest BCUT2D eigenvalue weighted by Crippen LogP contribution is -2.45. The van der Waals surface area contributed by atoms with Gasteiger partial charge in [-0.1, -0.05) is 0 Å². The van der Waals surface area contributed by atoms with E-state index in [4.69, 9.17) is 5.73 Å². The highest BCUT2D eigenvalue weighted by molar-refractivity contribution is 5.82. The molecule has 1 amide bonds. The van der Waals surface area contributed by atoms with Crippen LogP contribution in [0.1, 0.15) is 33.1 Å². The first kappa shape index (κ1) is 9.52. The van der Waals surface area contributed by atoms with E-state index in [1.165, 1.54) is 0 Å². The first-order valence-electron chi connectivity index (χ1n) is 4.69. The second-order valence-electron chi connectivity index (χ2n) is 3.73. The van der Waals surface area contributed by atoms with E-state index in [2.05, 4.69) is 0 Å².